The van der Waals surface area contributed by atoms with E-state index in [-0.39, 0.29) is 6.04 Å². The second-order valence-electron chi connectivity index (χ2n) is 6.35. The van der Waals surface area contributed by atoms with Crippen LogP contribution in [0, 0.1) is 6.92 Å². The maximum Gasteiger partial charge on any atom is 0.316 e. The summed E-state index contributed by atoms with van der Waals surface area (Å²) in [4.78, 5) is 28.8. The Labute approximate surface area is 166 Å². The molecule has 0 saturated heterocycles. The van der Waals surface area contributed by atoms with Gasteiger partial charge in [-0.2, -0.15) is 0 Å². The molecule has 27 heavy (non-hydrogen) atoms. The molecule has 5 heteroatoms. The van der Waals surface area contributed by atoms with Crippen molar-refractivity contribution in [3.8, 4) is 0 Å². The minimum atomic E-state index is -0.555. The van der Waals surface area contributed by atoms with Crippen molar-refractivity contribution in [3.63, 3.8) is 0 Å². The molecule has 4 nitrogen and oxygen atoms in total. The quantitative estimate of drug-likeness (QED) is 0.531. The molecule has 0 fully saturated rings. The molecule has 0 spiro atoms. The fraction of sp³-hybridized carbons (Fsp3) is 0.273. The molecule has 0 saturated carbocycles. The van der Waals surface area contributed by atoms with Crippen LogP contribution in [-0.4, -0.2) is 30.3 Å². The lowest BCUT2D eigenvalue weighted by atomic mass is 10.00. The third-order valence-corrected chi connectivity index (χ3v) is 4.98. The van der Waals surface area contributed by atoms with Crippen LogP contribution in [0.2, 0.25) is 5.02 Å². The maximum atomic E-state index is 12.9. The van der Waals surface area contributed by atoms with Crippen molar-refractivity contribution in [1.82, 2.24) is 4.90 Å². The van der Waals surface area contributed by atoms with E-state index in [1.165, 1.54) is 9.80 Å². The van der Waals surface area contributed by atoms with E-state index in [1.54, 1.807) is 13.1 Å². The van der Waals surface area contributed by atoms with Gasteiger partial charge in [0.2, 0.25) is 0 Å². The highest BCUT2D eigenvalue weighted by Crippen LogP contribution is 2.28. The van der Waals surface area contributed by atoms with Gasteiger partial charge in [-0.3, -0.25) is 9.59 Å². The molecule has 0 radical (unpaired) electrons. The van der Waals surface area contributed by atoms with Gasteiger partial charge in [0, 0.05) is 24.3 Å². The number of hydrogen-bond donors (Lipinski definition) is 0. The second-order valence-corrected chi connectivity index (χ2v) is 6.76. The Hall–Kier alpha value is -2.59. The molecule has 0 aliphatic heterocycles. The van der Waals surface area contributed by atoms with Crippen molar-refractivity contribution < 1.29 is 9.59 Å². The maximum absolute atomic E-state index is 12.9. The van der Waals surface area contributed by atoms with Crippen LogP contribution in [-0.2, 0) is 9.59 Å². The van der Waals surface area contributed by atoms with Crippen molar-refractivity contribution in [3.05, 3.63) is 77.3 Å². The molecular formula is C22H25ClN2O2. The Morgan fingerprint density at radius 2 is 1.81 bits per heavy atom. The number of hydrogen-bond acceptors (Lipinski definition) is 2. The predicted octanol–water partition coefficient (Wildman–Crippen LogP) is 4.78. The van der Waals surface area contributed by atoms with E-state index >= 15 is 0 Å². The zero-order valence-electron chi connectivity index (χ0n) is 16.0. The van der Waals surface area contributed by atoms with Gasteiger partial charge in [-0.05, 0) is 49.6 Å². The number of anilines is 1. The van der Waals surface area contributed by atoms with Gasteiger partial charge in [0.1, 0.15) is 0 Å². The van der Waals surface area contributed by atoms with E-state index in [4.69, 9.17) is 11.6 Å². The molecule has 0 bridgehead atoms. The van der Waals surface area contributed by atoms with Crippen molar-refractivity contribution in [2.24, 2.45) is 0 Å². The lowest BCUT2D eigenvalue weighted by Crippen LogP contribution is -2.45. The van der Waals surface area contributed by atoms with E-state index in [0.29, 0.717) is 23.7 Å². The zero-order valence-corrected chi connectivity index (χ0v) is 16.7. The highest BCUT2D eigenvalue weighted by Gasteiger charge is 2.29. The molecule has 0 heterocycles. The Morgan fingerprint density at radius 1 is 1.15 bits per heavy atom. The van der Waals surface area contributed by atoms with E-state index < -0.39 is 11.8 Å². The summed E-state index contributed by atoms with van der Waals surface area (Å²) in [6.07, 6.45) is 2.28. The van der Waals surface area contributed by atoms with Crippen LogP contribution < -0.4 is 4.90 Å². The molecule has 1 atom stereocenters. The number of carbonyl (C=O) groups excluding carboxylic acids is 2. The number of nitrogens with zero attached hydrogens (tertiary/aromatic N) is 2. The van der Waals surface area contributed by atoms with Crippen molar-refractivity contribution in [2.75, 3.05) is 18.5 Å². The summed E-state index contributed by atoms with van der Waals surface area (Å²) < 4.78 is 0. The van der Waals surface area contributed by atoms with Crippen LogP contribution in [0.1, 0.15) is 30.5 Å². The Morgan fingerprint density at radius 3 is 2.37 bits per heavy atom. The summed E-state index contributed by atoms with van der Waals surface area (Å²) in [5, 5.41) is 0.669. The highest BCUT2D eigenvalue weighted by molar-refractivity contribution is 6.40. The SMILES string of the molecule is C=CC[C@@H](c1ccc(Cl)c(C)c1)N(C)C(=O)C(=O)N(CC)c1ccccc1. The number of likely N-dealkylation sites (N-methyl/N-ethyl adjacent to an activating group) is 2. The number of benzene rings is 2. The lowest BCUT2D eigenvalue weighted by molar-refractivity contribution is -0.145. The number of carbonyl (C=O) groups is 2. The monoisotopic (exact) mass is 384 g/mol. The average molecular weight is 385 g/mol. The number of rotatable bonds is 6. The minimum absolute atomic E-state index is 0.288. The van der Waals surface area contributed by atoms with Gasteiger partial charge in [0.15, 0.2) is 0 Å². The van der Waals surface area contributed by atoms with Crippen molar-refractivity contribution in [1.29, 1.82) is 0 Å². The van der Waals surface area contributed by atoms with Gasteiger partial charge in [0.25, 0.3) is 0 Å². The van der Waals surface area contributed by atoms with E-state index in [0.717, 1.165) is 11.1 Å². The molecule has 142 valence electrons. The molecule has 0 aliphatic rings. The predicted molar refractivity (Wildman–Crippen MR) is 111 cm³/mol. The summed E-state index contributed by atoms with van der Waals surface area (Å²) in [7, 11) is 1.65. The Kier molecular flexibility index (Phi) is 7.19. The third kappa shape index (κ3) is 4.77. The van der Waals surface area contributed by atoms with Crippen LogP contribution in [0.3, 0.4) is 0 Å². The van der Waals surface area contributed by atoms with Gasteiger partial charge in [-0.15, -0.1) is 6.58 Å². The highest BCUT2D eigenvalue weighted by atomic mass is 35.5. The van der Waals surface area contributed by atoms with Crippen molar-refractivity contribution >= 4 is 29.1 Å². The summed E-state index contributed by atoms with van der Waals surface area (Å²) in [6.45, 7) is 7.97. The van der Waals surface area contributed by atoms with Gasteiger partial charge >= 0.3 is 11.8 Å². The van der Waals surface area contributed by atoms with Crippen LogP contribution >= 0.6 is 11.6 Å². The standard InChI is InChI=1S/C22H25ClN2O2/c1-5-10-20(17-13-14-19(23)16(3)15-17)24(4)21(26)22(27)25(6-2)18-11-8-7-9-12-18/h5,7-9,11-15,20H,1,6,10H2,2-4H3/t20-/m0/s1. The van der Waals surface area contributed by atoms with Crippen LogP contribution in [0.15, 0.2) is 61.2 Å². The fourth-order valence-electron chi connectivity index (χ4n) is 3.01. The van der Waals surface area contributed by atoms with Gasteiger partial charge < -0.3 is 9.80 Å². The normalized spacial score (nSPS) is 11.6. The topological polar surface area (TPSA) is 40.6 Å². The first kappa shape index (κ1) is 20.7. The van der Waals surface area contributed by atoms with Gasteiger partial charge in [-0.1, -0.05) is 48.0 Å². The average Bonchev–Trinajstić information content (AvgIpc) is 2.68. The molecule has 2 amide bonds. The first-order valence-electron chi connectivity index (χ1n) is 8.91. The first-order chi connectivity index (χ1) is 12.9. The van der Waals surface area contributed by atoms with E-state index in [2.05, 4.69) is 6.58 Å². The Balaban J connectivity index is 2.29. The third-order valence-electron chi connectivity index (χ3n) is 4.56. The molecule has 0 aromatic heterocycles. The van der Waals surface area contributed by atoms with Gasteiger partial charge in [0.05, 0.1) is 6.04 Å². The fourth-order valence-corrected chi connectivity index (χ4v) is 3.13. The summed E-state index contributed by atoms with van der Waals surface area (Å²) >= 11 is 6.12. The van der Waals surface area contributed by atoms with Gasteiger partial charge in [-0.25, -0.2) is 0 Å². The number of halogens is 1. The van der Waals surface area contributed by atoms with E-state index in [1.807, 2.05) is 62.4 Å². The second kappa shape index (κ2) is 9.38. The molecule has 2 rings (SSSR count). The minimum Gasteiger partial charge on any atom is -0.330 e. The smallest absolute Gasteiger partial charge is 0.316 e. The van der Waals surface area contributed by atoms with Crippen LogP contribution in [0.4, 0.5) is 5.69 Å². The summed E-state index contributed by atoms with van der Waals surface area (Å²) in [5.74, 6) is -1.11. The molecule has 2 aromatic carbocycles. The summed E-state index contributed by atoms with van der Waals surface area (Å²) in [5.41, 5.74) is 2.55. The zero-order chi connectivity index (χ0) is 20.0. The Bertz CT molecular complexity index is 820. The van der Waals surface area contributed by atoms with Crippen molar-refractivity contribution in [2.45, 2.75) is 26.3 Å². The first-order valence-corrected chi connectivity index (χ1v) is 9.29. The molecule has 2 aromatic rings. The molecule has 0 N–H and O–H groups in total. The molecular weight excluding hydrogens is 360 g/mol. The molecule has 0 unspecified atom stereocenters. The van der Waals surface area contributed by atoms with E-state index in [9.17, 15) is 9.59 Å². The summed E-state index contributed by atoms with van der Waals surface area (Å²) in [6, 6.07) is 14.5. The number of para-hydroxylation sites is 1. The largest absolute Gasteiger partial charge is 0.330 e. The number of aryl methyl sites for hydroxylation is 1. The van der Waals surface area contributed by atoms with Crippen LogP contribution in [0.25, 0.3) is 0 Å². The number of amides is 2. The van der Waals surface area contributed by atoms with Crippen LogP contribution in [0.5, 0.6) is 0 Å². The lowest BCUT2D eigenvalue weighted by Gasteiger charge is -2.30. The molecule has 0 aliphatic carbocycles.